The van der Waals surface area contributed by atoms with Crippen LogP contribution in [-0.4, -0.2) is 18.9 Å². The van der Waals surface area contributed by atoms with Gasteiger partial charge in [0.05, 0.1) is 12.7 Å². The Hall–Kier alpha value is -3.34. The Bertz CT molecular complexity index is 1090. The molecule has 1 aliphatic carbocycles. The highest BCUT2D eigenvalue weighted by atomic mass is 16.5. The van der Waals surface area contributed by atoms with Crippen LogP contribution >= 0.6 is 0 Å². The van der Waals surface area contributed by atoms with Crippen molar-refractivity contribution in [3.63, 3.8) is 0 Å². The molecule has 5 nitrogen and oxygen atoms in total. The molecule has 0 radical (unpaired) electrons. The van der Waals surface area contributed by atoms with Crippen molar-refractivity contribution in [1.29, 1.82) is 0 Å². The first-order chi connectivity index (χ1) is 15.3. The van der Waals surface area contributed by atoms with Gasteiger partial charge in [0, 0.05) is 29.3 Å². The van der Waals surface area contributed by atoms with Crippen LogP contribution in [0.1, 0.15) is 50.7 Å². The second kappa shape index (κ2) is 8.65. The zero-order valence-electron chi connectivity index (χ0n) is 19.0. The number of methoxy groups -OCH3 is 1. The van der Waals surface area contributed by atoms with E-state index in [1.54, 1.807) is 7.11 Å². The summed E-state index contributed by atoms with van der Waals surface area (Å²) in [5, 5.41) is 3.37. The molecule has 0 saturated carbocycles. The molecule has 0 spiro atoms. The van der Waals surface area contributed by atoms with Crippen LogP contribution < -0.4 is 10.1 Å². The van der Waals surface area contributed by atoms with Gasteiger partial charge >= 0.3 is 5.97 Å². The fourth-order valence-electron chi connectivity index (χ4n) is 4.64. The van der Waals surface area contributed by atoms with Crippen molar-refractivity contribution < 1.29 is 19.1 Å². The van der Waals surface area contributed by atoms with Gasteiger partial charge in [0.15, 0.2) is 5.78 Å². The number of allylic oxidation sites excluding steroid dienone is 3. The highest BCUT2D eigenvalue weighted by molar-refractivity contribution is 6.04. The third-order valence-corrected chi connectivity index (χ3v) is 6.12. The number of benzene rings is 2. The van der Waals surface area contributed by atoms with E-state index < -0.39 is 11.9 Å². The molecule has 2 aromatic rings. The van der Waals surface area contributed by atoms with Crippen LogP contribution in [0.4, 0.5) is 0 Å². The SMILES string of the molecule is COc1ccc([C@H]2C(C(=O)OCc3ccccc3)=C(C)NC3=C2C(=O)CC(C)(C)C3)cc1. The molecular weight excluding hydrogens is 402 g/mol. The molecule has 1 N–H and O–H groups in total. The maximum absolute atomic E-state index is 13.3. The molecule has 0 aromatic heterocycles. The number of rotatable bonds is 5. The standard InChI is InChI=1S/C27H29NO4/c1-17-23(26(30)32-16-18-8-6-5-7-9-18)24(19-10-12-20(31-4)13-11-19)25-21(28-17)14-27(2,3)15-22(25)29/h5-13,24,28H,14-16H2,1-4H3/t24-/m0/s1. The number of nitrogens with one attached hydrogen (secondary N) is 1. The number of dihydropyridines is 1. The molecule has 1 aliphatic heterocycles. The zero-order chi connectivity index (χ0) is 22.9. The van der Waals surface area contributed by atoms with Crippen LogP contribution in [0.3, 0.4) is 0 Å². The quantitative estimate of drug-likeness (QED) is 0.672. The summed E-state index contributed by atoms with van der Waals surface area (Å²) in [4.78, 5) is 26.6. The summed E-state index contributed by atoms with van der Waals surface area (Å²) >= 11 is 0. The number of ketones is 1. The molecule has 1 heterocycles. The van der Waals surface area contributed by atoms with E-state index in [4.69, 9.17) is 9.47 Å². The Balaban J connectivity index is 1.73. The van der Waals surface area contributed by atoms with Gasteiger partial charge in [0.1, 0.15) is 12.4 Å². The van der Waals surface area contributed by atoms with E-state index in [-0.39, 0.29) is 17.8 Å². The van der Waals surface area contributed by atoms with Crippen LogP contribution in [0.2, 0.25) is 0 Å². The van der Waals surface area contributed by atoms with E-state index in [9.17, 15) is 9.59 Å². The smallest absolute Gasteiger partial charge is 0.337 e. The minimum Gasteiger partial charge on any atom is -0.497 e. The van der Waals surface area contributed by atoms with Gasteiger partial charge < -0.3 is 14.8 Å². The molecule has 166 valence electrons. The topological polar surface area (TPSA) is 64.6 Å². The molecule has 0 saturated heterocycles. The summed E-state index contributed by atoms with van der Waals surface area (Å²) in [6, 6.07) is 17.1. The number of esters is 1. The van der Waals surface area contributed by atoms with Crippen molar-refractivity contribution >= 4 is 11.8 Å². The normalized spacial score (nSPS) is 19.9. The lowest BCUT2D eigenvalue weighted by Crippen LogP contribution is -2.38. The fraction of sp³-hybridized carbons (Fsp3) is 0.333. The van der Waals surface area contributed by atoms with Crippen molar-refractivity contribution in [1.82, 2.24) is 5.32 Å². The van der Waals surface area contributed by atoms with Crippen molar-refractivity contribution in [3.05, 3.63) is 88.3 Å². The van der Waals surface area contributed by atoms with Crippen molar-refractivity contribution in [2.45, 2.75) is 46.1 Å². The maximum Gasteiger partial charge on any atom is 0.337 e. The number of hydrogen-bond donors (Lipinski definition) is 1. The number of ether oxygens (including phenoxy) is 2. The molecule has 2 aliphatic rings. The molecular formula is C27H29NO4. The molecule has 0 fully saturated rings. The highest BCUT2D eigenvalue weighted by Crippen LogP contribution is 2.47. The van der Waals surface area contributed by atoms with Gasteiger partial charge in [-0.15, -0.1) is 0 Å². The number of carbonyl (C=O) groups excluding carboxylic acids is 2. The second-order valence-electron chi connectivity index (χ2n) is 9.26. The Morgan fingerprint density at radius 3 is 2.41 bits per heavy atom. The van der Waals surface area contributed by atoms with Gasteiger partial charge in [-0.05, 0) is 42.0 Å². The first-order valence-corrected chi connectivity index (χ1v) is 10.9. The van der Waals surface area contributed by atoms with Crippen LogP contribution in [0.25, 0.3) is 0 Å². The highest BCUT2D eigenvalue weighted by Gasteiger charge is 2.43. The van der Waals surface area contributed by atoms with Gasteiger partial charge in [0.2, 0.25) is 0 Å². The average Bonchev–Trinajstić information content (AvgIpc) is 2.76. The summed E-state index contributed by atoms with van der Waals surface area (Å²) in [6.45, 7) is 6.26. The van der Waals surface area contributed by atoms with E-state index in [2.05, 4.69) is 19.2 Å². The van der Waals surface area contributed by atoms with Gasteiger partial charge in [0.25, 0.3) is 0 Å². The predicted molar refractivity (Wildman–Crippen MR) is 123 cm³/mol. The third-order valence-electron chi connectivity index (χ3n) is 6.12. The van der Waals surface area contributed by atoms with Crippen molar-refractivity contribution in [2.75, 3.05) is 7.11 Å². The van der Waals surface area contributed by atoms with Gasteiger partial charge in [-0.25, -0.2) is 4.79 Å². The van der Waals surface area contributed by atoms with Crippen LogP contribution in [0.5, 0.6) is 5.75 Å². The lowest BCUT2D eigenvalue weighted by Gasteiger charge is -2.39. The van der Waals surface area contributed by atoms with Crippen LogP contribution in [-0.2, 0) is 20.9 Å². The van der Waals surface area contributed by atoms with E-state index in [0.717, 1.165) is 34.7 Å². The molecule has 0 bridgehead atoms. The Morgan fingerprint density at radius 2 is 1.75 bits per heavy atom. The zero-order valence-corrected chi connectivity index (χ0v) is 19.0. The lowest BCUT2D eigenvalue weighted by atomic mass is 9.68. The molecule has 1 atom stereocenters. The minimum atomic E-state index is -0.468. The third kappa shape index (κ3) is 4.33. The summed E-state index contributed by atoms with van der Waals surface area (Å²) in [6.07, 6.45) is 1.20. The lowest BCUT2D eigenvalue weighted by molar-refractivity contribution is -0.140. The molecule has 32 heavy (non-hydrogen) atoms. The van der Waals surface area contributed by atoms with E-state index in [1.807, 2.05) is 61.5 Å². The number of hydrogen-bond acceptors (Lipinski definition) is 5. The summed E-state index contributed by atoms with van der Waals surface area (Å²) in [5.74, 6) is -0.0831. The molecule has 5 heteroatoms. The van der Waals surface area contributed by atoms with Gasteiger partial charge in [-0.3, -0.25) is 4.79 Å². The van der Waals surface area contributed by atoms with E-state index in [1.165, 1.54) is 0 Å². The Labute approximate surface area is 189 Å². The summed E-state index contributed by atoms with van der Waals surface area (Å²) in [7, 11) is 1.61. The van der Waals surface area contributed by atoms with Crippen molar-refractivity contribution in [2.24, 2.45) is 5.41 Å². The van der Waals surface area contributed by atoms with Gasteiger partial charge in [-0.1, -0.05) is 56.3 Å². The number of carbonyl (C=O) groups is 2. The summed E-state index contributed by atoms with van der Waals surface area (Å²) in [5.41, 5.74) is 4.46. The summed E-state index contributed by atoms with van der Waals surface area (Å²) < 4.78 is 11.0. The Kier molecular flexibility index (Phi) is 5.92. The molecule has 2 aromatic carbocycles. The van der Waals surface area contributed by atoms with E-state index >= 15 is 0 Å². The molecule has 0 unspecified atom stereocenters. The molecule has 0 amide bonds. The average molecular weight is 432 g/mol. The number of Topliss-reactive ketones (excluding diaryl/α,β-unsaturated/α-hetero) is 1. The van der Waals surface area contributed by atoms with Gasteiger partial charge in [-0.2, -0.15) is 0 Å². The second-order valence-corrected chi connectivity index (χ2v) is 9.26. The molecule has 4 rings (SSSR count). The first-order valence-electron chi connectivity index (χ1n) is 10.9. The van der Waals surface area contributed by atoms with Crippen LogP contribution in [0.15, 0.2) is 77.1 Å². The minimum absolute atomic E-state index is 0.0745. The van der Waals surface area contributed by atoms with Crippen LogP contribution in [0, 0.1) is 5.41 Å². The van der Waals surface area contributed by atoms with E-state index in [0.29, 0.717) is 17.6 Å². The Morgan fingerprint density at radius 1 is 1.06 bits per heavy atom. The predicted octanol–water partition coefficient (Wildman–Crippen LogP) is 5.04. The largest absolute Gasteiger partial charge is 0.497 e. The maximum atomic E-state index is 13.3. The first kappa shape index (κ1) is 21.9. The monoisotopic (exact) mass is 431 g/mol. The fourth-order valence-corrected chi connectivity index (χ4v) is 4.64. The van der Waals surface area contributed by atoms with Crippen molar-refractivity contribution in [3.8, 4) is 5.75 Å².